The van der Waals surface area contributed by atoms with Crippen molar-refractivity contribution in [2.24, 2.45) is 5.10 Å². The fourth-order valence-corrected chi connectivity index (χ4v) is 2.35. The third-order valence-corrected chi connectivity index (χ3v) is 3.53. The summed E-state index contributed by atoms with van der Waals surface area (Å²) in [4.78, 5) is 11.9. The minimum Gasteiger partial charge on any atom is -0.507 e. The predicted octanol–water partition coefficient (Wildman–Crippen LogP) is 3.88. The number of rotatable bonds is 3. The van der Waals surface area contributed by atoms with Gasteiger partial charge < -0.3 is 5.11 Å². The monoisotopic (exact) mass is 366 g/mol. The Morgan fingerprint density at radius 3 is 2.81 bits per heavy atom. The highest BCUT2D eigenvalue weighted by Crippen LogP contribution is 2.20. The molecule has 108 valence electrons. The summed E-state index contributed by atoms with van der Waals surface area (Å²) < 4.78 is 0.801. The first-order valence-electron chi connectivity index (χ1n) is 6.05. The predicted molar refractivity (Wildman–Crippen MR) is 87.1 cm³/mol. The number of nitrogens with zero attached hydrogens (tertiary/aromatic N) is 1. The number of benzene rings is 2. The van der Waals surface area contributed by atoms with Crippen LogP contribution in [0.4, 0.5) is 0 Å². The fourth-order valence-electron chi connectivity index (χ4n) is 1.65. The number of carbonyl (C=O) groups excluding carboxylic acids is 1. The van der Waals surface area contributed by atoms with Crippen molar-refractivity contribution in [1.29, 1.82) is 0 Å². The molecule has 0 aliphatic carbocycles. The van der Waals surface area contributed by atoms with Gasteiger partial charge in [-0.25, -0.2) is 5.43 Å². The third kappa shape index (κ3) is 4.06. The summed E-state index contributed by atoms with van der Waals surface area (Å²) >= 11 is 9.30. The normalized spacial score (nSPS) is 10.8. The number of aryl methyl sites for hydroxylation is 1. The molecule has 0 atom stereocenters. The molecule has 0 aromatic heterocycles. The molecule has 2 rings (SSSR count). The number of hydrazone groups is 1. The molecule has 2 N–H and O–H groups in total. The van der Waals surface area contributed by atoms with Gasteiger partial charge in [-0.1, -0.05) is 33.6 Å². The zero-order valence-electron chi connectivity index (χ0n) is 11.1. The van der Waals surface area contributed by atoms with Crippen LogP contribution in [-0.2, 0) is 0 Å². The Kier molecular flexibility index (Phi) is 4.98. The van der Waals surface area contributed by atoms with Crippen LogP contribution >= 0.6 is 27.5 Å². The van der Waals surface area contributed by atoms with E-state index in [0.717, 1.165) is 10.0 Å². The van der Waals surface area contributed by atoms with Crippen LogP contribution in [-0.4, -0.2) is 17.2 Å². The molecule has 0 aliphatic rings. The van der Waals surface area contributed by atoms with Gasteiger partial charge in [0.05, 0.1) is 16.8 Å². The van der Waals surface area contributed by atoms with E-state index in [0.29, 0.717) is 16.1 Å². The second-order valence-corrected chi connectivity index (χ2v) is 5.71. The van der Waals surface area contributed by atoms with Crippen molar-refractivity contribution in [2.75, 3.05) is 0 Å². The summed E-state index contributed by atoms with van der Waals surface area (Å²) in [5.41, 5.74) is 4.18. The molecule has 1 amide bonds. The largest absolute Gasteiger partial charge is 0.507 e. The average Bonchev–Trinajstić information content (AvgIpc) is 2.42. The van der Waals surface area contributed by atoms with Crippen molar-refractivity contribution >= 4 is 39.7 Å². The van der Waals surface area contributed by atoms with Gasteiger partial charge in [-0.2, -0.15) is 5.10 Å². The number of phenols is 1. The average molecular weight is 368 g/mol. The van der Waals surface area contributed by atoms with Crippen LogP contribution < -0.4 is 5.43 Å². The minimum absolute atomic E-state index is 0.0737. The lowest BCUT2D eigenvalue weighted by Crippen LogP contribution is -2.18. The lowest BCUT2D eigenvalue weighted by Gasteiger charge is -2.04. The Balaban J connectivity index is 2.10. The minimum atomic E-state index is -0.411. The molecule has 21 heavy (non-hydrogen) atoms. The molecule has 0 unspecified atom stereocenters. The van der Waals surface area contributed by atoms with Crippen LogP contribution in [0, 0.1) is 6.92 Å². The number of amides is 1. The van der Waals surface area contributed by atoms with Gasteiger partial charge in [0.25, 0.3) is 5.91 Å². The standard InChI is InChI=1S/C15H12BrClN2O2/c1-9-2-4-12(13(17)6-9)15(21)19-18-8-10-7-11(16)3-5-14(10)20/h2-8,20H,1H3,(H,19,21)/b18-8+. The molecule has 0 aliphatic heterocycles. The molecule has 6 heteroatoms. The molecule has 2 aromatic carbocycles. The number of hydrogen-bond acceptors (Lipinski definition) is 3. The van der Waals surface area contributed by atoms with Gasteiger partial charge in [0.1, 0.15) is 5.75 Å². The van der Waals surface area contributed by atoms with Gasteiger partial charge in [-0.15, -0.1) is 0 Å². The molecule has 0 bridgehead atoms. The number of hydrogen-bond donors (Lipinski definition) is 2. The van der Waals surface area contributed by atoms with Crippen LogP contribution in [0.15, 0.2) is 46.0 Å². The summed E-state index contributed by atoms with van der Waals surface area (Å²) in [6.45, 7) is 1.89. The van der Waals surface area contributed by atoms with E-state index in [1.807, 2.05) is 6.92 Å². The first-order chi connectivity index (χ1) is 9.97. The van der Waals surface area contributed by atoms with E-state index in [1.54, 1.807) is 30.3 Å². The van der Waals surface area contributed by atoms with E-state index >= 15 is 0 Å². The fraction of sp³-hybridized carbons (Fsp3) is 0.0667. The quantitative estimate of drug-likeness (QED) is 0.639. The maximum atomic E-state index is 11.9. The van der Waals surface area contributed by atoms with E-state index in [9.17, 15) is 9.90 Å². The number of aromatic hydroxyl groups is 1. The SMILES string of the molecule is Cc1ccc(C(=O)N/N=C/c2cc(Br)ccc2O)c(Cl)c1. The van der Waals surface area contributed by atoms with E-state index in [-0.39, 0.29) is 5.75 Å². The number of nitrogens with one attached hydrogen (secondary N) is 1. The topological polar surface area (TPSA) is 61.7 Å². The lowest BCUT2D eigenvalue weighted by molar-refractivity contribution is 0.0955. The lowest BCUT2D eigenvalue weighted by atomic mass is 10.1. The van der Waals surface area contributed by atoms with Gasteiger partial charge >= 0.3 is 0 Å². The molecule has 4 nitrogen and oxygen atoms in total. The van der Waals surface area contributed by atoms with Crippen LogP contribution in [0.1, 0.15) is 21.5 Å². The molecule has 0 saturated carbocycles. The van der Waals surface area contributed by atoms with E-state index in [1.165, 1.54) is 12.3 Å². The highest BCUT2D eigenvalue weighted by Gasteiger charge is 2.09. The van der Waals surface area contributed by atoms with E-state index in [4.69, 9.17) is 11.6 Å². The van der Waals surface area contributed by atoms with Crippen molar-refractivity contribution in [3.8, 4) is 5.75 Å². The summed E-state index contributed by atoms with van der Waals surface area (Å²) in [6.07, 6.45) is 1.36. The number of phenolic OH excluding ortho intramolecular Hbond substituents is 1. The summed E-state index contributed by atoms with van der Waals surface area (Å²) in [5, 5.41) is 13.8. The van der Waals surface area contributed by atoms with Crippen LogP contribution in [0.2, 0.25) is 5.02 Å². The van der Waals surface area contributed by atoms with Crippen molar-refractivity contribution in [1.82, 2.24) is 5.43 Å². The Morgan fingerprint density at radius 1 is 1.33 bits per heavy atom. The van der Waals surface area contributed by atoms with Gasteiger partial charge in [-0.05, 0) is 42.8 Å². The summed E-state index contributed by atoms with van der Waals surface area (Å²) in [5.74, 6) is -0.338. The van der Waals surface area contributed by atoms with E-state index in [2.05, 4.69) is 26.5 Å². The molecule has 0 radical (unpaired) electrons. The summed E-state index contributed by atoms with van der Waals surface area (Å²) in [6, 6.07) is 10.1. The van der Waals surface area contributed by atoms with Gasteiger partial charge in [0.15, 0.2) is 0 Å². The van der Waals surface area contributed by atoms with Crippen molar-refractivity contribution in [2.45, 2.75) is 6.92 Å². The van der Waals surface area contributed by atoms with Crippen molar-refractivity contribution in [3.05, 3.63) is 62.6 Å². The number of carbonyl (C=O) groups is 1. The molecule has 0 fully saturated rings. The van der Waals surface area contributed by atoms with Gasteiger partial charge in [0.2, 0.25) is 0 Å². The highest BCUT2D eigenvalue weighted by atomic mass is 79.9. The zero-order chi connectivity index (χ0) is 15.4. The van der Waals surface area contributed by atoms with Crippen LogP contribution in [0.5, 0.6) is 5.75 Å². The Hall–Kier alpha value is -1.85. The van der Waals surface area contributed by atoms with Crippen LogP contribution in [0.25, 0.3) is 0 Å². The second kappa shape index (κ2) is 6.74. The Bertz CT molecular complexity index is 717. The first kappa shape index (κ1) is 15.5. The molecule has 0 saturated heterocycles. The third-order valence-electron chi connectivity index (χ3n) is 2.73. The maximum absolute atomic E-state index is 11.9. The molecular weight excluding hydrogens is 356 g/mol. The smallest absolute Gasteiger partial charge is 0.272 e. The molecule has 2 aromatic rings. The van der Waals surface area contributed by atoms with Gasteiger partial charge in [-0.3, -0.25) is 4.79 Å². The molecule has 0 heterocycles. The van der Waals surface area contributed by atoms with Crippen molar-refractivity contribution in [3.63, 3.8) is 0 Å². The van der Waals surface area contributed by atoms with Gasteiger partial charge in [0, 0.05) is 10.0 Å². The number of halogens is 2. The maximum Gasteiger partial charge on any atom is 0.272 e. The van der Waals surface area contributed by atoms with Crippen molar-refractivity contribution < 1.29 is 9.90 Å². The second-order valence-electron chi connectivity index (χ2n) is 4.39. The molecule has 0 spiro atoms. The zero-order valence-corrected chi connectivity index (χ0v) is 13.4. The van der Waals surface area contributed by atoms with Crippen LogP contribution in [0.3, 0.4) is 0 Å². The summed E-state index contributed by atoms with van der Waals surface area (Å²) in [7, 11) is 0. The molecular formula is C15H12BrClN2O2. The Labute approximate surface area is 135 Å². The first-order valence-corrected chi connectivity index (χ1v) is 7.22. The highest BCUT2D eigenvalue weighted by molar-refractivity contribution is 9.10. The van der Waals surface area contributed by atoms with E-state index < -0.39 is 5.91 Å². The Morgan fingerprint density at radius 2 is 2.10 bits per heavy atom.